The second-order valence-electron chi connectivity index (χ2n) is 5.85. The third kappa shape index (κ3) is 2.31. The van der Waals surface area contributed by atoms with Crippen molar-refractivity contribution < 1.29 is 0 Å². The average molecular weight is 228 g/mol. The molecule has 2 nitrogen and oxygen atoms in total. The Morgan fingerprint density at radius 2 is 1.65 bits per heavy atom. The van der Waals surface area contributed by atoms with E-state index in [0.29, 0.717) is 5.92 Å². The molecule has 2 heteroatoms. The van der Waals surface area contributed by atoms with Gasteiger partial charge in [0.2, 0.25) is 0 Å². The highest BCUT2D eigenvalue weighted by atomic mass is 14.9. The number of benzene rings is 1. The predicted octanol–water partition coefficient (Wildman–Crippen LogP) is 4.05. The molecule has 0 saturated carbocycles. The molecule has 90 valence electrons. The molecule has 0 saturated heterocycles. The maximum Gasteiger partial charge on any atom is 0.131 e. The first-order chi connectivity index (χ1) is 7.89. The Kier molecular flexibility index (Phi) is 2.90. The summed E-state index contributed by atoms with van der Waals surface area (Å²) in [5, 5.41) is 1.17. The summed E-state index contributed by atoms with van der Waals surface area (Å²) in [4.78, 5) is 9.40. The molecule has 0 aliphatic rings. The van der Waals surface area contributed by atoms with Crippen LogP contribution >= 0.6 is 0 Å². The van der Waals surface area contributed by atoms with Crippen molar-refractivity contribution in [3.8, 4) is 0 Å². The number of nitrogens with zero attached hydrogens (tertiary/aromatic N) is 2. The maximum absolute atomic E-state index is 4.76. The molecule has 0 aliphatic heterocycles. The zero-order valence-electron chi connectivity index (χ0n) is 11.3. The van der Waals surface area contributed by atoms with Crippen molar-refractivity contribution in [2.45, 2.75) is 46.0 Å². The van der Waals surface area contributed by atoms with Gasteiger partial charge < -0.3 is 0 Å². The monoisotopic (exact) mass is 228 g/mol. The normalized spacial score (nSPS) is 12.4. The summed E-state index contributed by atoms with van der Waals surface area (Å²) in [6.07, 6.45) is 0. The van der Waals surface area contributed by atoms with Crippen molar-refractivity contribution in [1.29, 1.82) is 0 Å². The molecule has 0 N–H and O–H groups in total. The Morgan fingerprint density at radius 3 is 2.24 bits per heavy atom. The molecule has 1 aromatic carbocycles. The second kappa shape index (κ2) is 4.10. The Labute approximate surface area is 103 Å². The molecule has 0 atom stereocenters. The molecular formula is C15H20N2. The lowest BCUT2D eigenvalue weighted by atomic mass is 9.89. The van der Waals surface area contributed by atoms with Crippen molar-refractivity contribution in [3.05, 3.63) is 35.8 Å². The Balaban J connectivity index is 2.79. The topological polar surface area (TPSA) is 25.8 Å². The molecule has 2 aromatic rings. The minimum absolute atomic E-state index is 0.0478. The van der Waals surface area contributed by atoms with Crippen molar-refractivity contribution in [1.82, 2.24) is 9.97 Å². The van der Waals surface area contributed by atoms with E-state index in [4.69, 9.17) is 4.98 Å². The number of hydrogen-bond donors (Lipinski definition) is 0. The molecule has 0 unspecified atom stereocenters. The van der Waals surface area contributed by atoms with Gasteiger partial charge in [0, 0.05) is 16.7 Å². The van der Waals surface area contributed by atoms with Gasteiger partial charge in [0.15, 0.2) is 0 Å². The Bertz CT molecular complexity index is 536. The van der Waals surface area contributed by atoms with Gasteiger partial charge in [-0.05, 0) is 6.07 Å². The van der Waals surface area contributed by atoms with E-state index < -0.39 is 0 Å². The molecule has 0 bridgehead atoms. The van der Waals surface area contributed by atoms with Gasteiger partial charge in [-0.3, -0.25) is 0 Å². The van der Waals surface area contributed by atoms with Gasteiger partial charge >= 0.3 is 0 Å². The number of rotatable bonds is 1. The predicted molar refractivity (Wildman–Crippen MR) is 72.3 cm³/mol. The molecule has 1 aromatic heterocycles. The smallest absolute Gasteiger partial charge is 0.131 e. The van der Waals surface area contributed by atoms with E-state index in [1.54, 1.807) is 0 Å². The fraction of sp³-hybridized carbons (Fsp3) is 0.467. The quantitative estimate of drug-likeness (QED) is 0.736. The lowest BCUT2D eigenvalue weighted by molar-refractivity contribution is 0.566. The van der Waals surface area contributed by atoms with E-state index in [1.165, 1.54) is 5.39 Å². The van der Waals surface area contributed by atoms with Gasteiger partial charge in [0.05, 0.1) is 11.2 Å². The molecular weight excluding hydrogens is 208 g/mol. The summed E-state index contributed by atoms with van der Waals surface area (Å²) in [6.45, 7) is 10.9. The van der Waals surface area contributed by atoms with Gasteiger partial charge in [0.25, 0.3) is 0 Å². The van der Waals surface area contributed by atoms with Gasteiger partial charge in [-0.2, -0.15) is 0 Å². The lowest BCUT2D eigenvalue weighted by Crippen LogP contribution is -2.16. The minimum atomic E-state index is 0.0478. The minimum Gasteiger partial charge on any atom is -0.236 e. The van der Waals surface area contributed by atoms with E-state index in [0.717, 1.165) is 17.0 Å². The van der Waals surface area contributed by atoms with E-state index in [-0.39, 0.29) is 5.41 Å². The summed E-state index contributed by atoms with van der Waals surface area (Å²) < 4.78 is 0. The molecule has 0 amide bonds. The van der Waals surface area contributed by atoms with Crippen LogP contribution in [-0.4, -0.2) is 9.97 Å². The van der Waals surface area contributed by atoms with E-state index in [2.05, 4.69) is 57.8 Å². The third-order valence-corrected chi connectivity index (χ3v) is 2.85. The third-order valence-electron chi connectivity index (χ3n) is 2.85. The van der Waals surface area contributed by atoms with Crippen LogP contribution in [0.1, 0.15) is 52.1 Å². The maximum atomic E-state index is 4.76. The molecule has 0 fully saturated rings. The highest BCUT2D eigenvalue weighted by Crippen LogP contribution is 2.28. The summed E-state index contributed by atoms with van der Waals surface area (Å²) in [6, 6.07) is 8.26. The zero-order valence-corrected chi connectivity index (χ0v) is 11.3. The van der Waals surface area contributed by atoms with Crippen molar-refractivity contribution in [2.24, 2.45) is 0 Å². The Hall–Kier alpha value is -1.44. The first-order valence-electron chi connectivity index (χ1n) is 6.17. The molecule has 2 rings (SSSR count). The number of para-hydroxylation sites is 1. The van der Waals surface area contributed by atoms with Gasteiger partial charge in [-0.1, -0.05) is 52.8 Å². The van der Waals surface area contributed by atoms with Gasteiger partial charge in [-0.25, -0.2) is 9.97 Å². The molecule has 1 heterocycles. The van der Waals surface area contributed by atoms with Crippen LogP contribution in [0, 0.1) is 0 Å². The van der Waals surface area contributed by atoms with Gasteiger partial charge in [0.1, 0.15) is 5.82 Å². The van der Waals surface area contributed by atoms with Crippen LogP contribution in [-0.2, 0) is 5.41 Å². The molecule has 0 radical (unpaired) electrons. The van der Waals surface area contributed by atoms with E-state index in [9.17, 15) is 0 Å². The first-order valence-corrected chi connectivity index (χ1v) is 6.17. The van der Waals surface area contributed by atoms with E-state index >= 15 is 0 Å². The summed E-state index contributed by atoms with van der Waals surface area (Å²) in [5.74, 6) is 1.30. The van der Waals surface area contributed by atoms with Crippen molar-refractivity contribution in [3.63, 3.8) is 0 Å². The summed E-state index contributed by atoms with van der Waals surface area (Å²) >= 11 is 0. The highest BCUT2D eigenvalue weighted by molar-refractivity contribution is 5.81. The fourth-order valence-electron chi connectivity index (χ4n) is 1.92. The first kappa shape index (κ1) is 12.0. The van der Waals surface area contributed by atoms with E-state index in [1.807, 2.05) is 6.07 Å². The summed E-state index contributed by atoms with van der Waals surface area (Å²) in [5.41, 5.74) is 2.24. The van der Waals surface area contributed by atoms with Crippen LogP contribution in [0.3, 0.4) is 0 Å². The highest BCUT2D eigenvalue weighted by Gasteiger charge is 2.20. The SMILES string of the molecule is CC(C)c1nc(C(C)(C)C)c2ccccc2n1. The Morgan fingerprint density at radius 1 is 1.00 bits per heavy atom. The van der Waals surface area contributed by atoms with Crippen LogP contribution < -0.4 is 0 Å². The fourth-order valence-corrected chi connectivity index (χ4v) is 1.92. The van der Waals surface area contributed by atoms with Gasteiger partial charge in [-0.15, -0.1) is 0 Å². The van der Waals surface area contributed by atoms with Crippen LogP contribution in [0.2, 0.25) is 0 Å². The number of fused-ring (bicyclic) bond motifs is 1. The second-order valence-corrected chi connectivity index (χ2v) is 5.85. The summed E-state index contributed by atoms with van der Waals surface area (Å²) in [7, 11) is 0. The van der Waals surface area contributed by atoms with Crippen LogP contribution in [0.15, 0.2) is 24.3 Å². The molecule has 17 heavy (non-hydrogen) atoms. The number of aromatic nitrogens is 2. The number of hydrogen-bond acceptors (Lipinski definition) is 2. The average Bonchev–Trinajstić information content (AvgIpc) is 2.26. The lowest BCUT2D eigenvalue weighted by Gasteiger charge is -2.21. The standard InChI is InChI=1S/C15H20N2/c1-10(2)14-16-12-9-7-6-8-11(12)13(17-14)15(3,4)5/h6-10H,1-5H3. The van der Waals surface area contributed by atoms with Crippen LogP contribution in [0.5, 0.6) is 0 Å². The van der Waals surface area contributed by atoms with Crippen LogP contribution in [0.25, 0.3) is 10.9 Å². The van der Waals surface area contributed by atoms with Crippen molar-refractivity contribution in [2.75, 3.05) is 0 Å². The largest absolute Gasteiger partial charge is 0.236 e. The molecule has 0 spiro atoms. The molecule has 0 aliphatic carbocycles. The van der Waals surface area contributed by atoms with Crippen LogP contribution in [0.4, 0.5) is 0 Å². The van der Waals surface area contributed by atoms with Crippen molar-refractivity contribution >= 4 is 10.9 Å². The zero-order chi connectivity index (χ0) is 12.6.